The largest absolute Gasteiger partial charge is 0.376 e. The van der Waals surface area contributed by atoms with Crippen molar-refractivity contribution in [2.45, 2.75) is 52.5 Å². The quantitative estimate of drug-likeness (QED) is 0.444. The third-order valence-electron chi connectivity index (χ3n) is 2.43. The topological polar surface area (TPSA) is 21.3 Å². The Labute approximate surface area is 95.1 Å². The van der Waals surface area contributed by atoms with E-state index >= 15 is 0 Å². The summed E-state index contributed by atoms with van der Waals surface area (Å²) in [5.74, 6) is 0. The Morgan fingerprint density at radius 3 is 2.67 bits per heavy atom. The van der Waals surface area contributed by atoms with Gasteiger partial charge >= 0.3 is 0 Å². The van der Waals surface area contributed by atoms with E-state index in [1.165, 1.54) is 25.7 Å². The lowest BCUT2D eigenvalue weighted by molar-refractivity contribution is 0.154. The molecule has 0 aromatic heterocycles. The zero-order valence-electron chi connectivity index (χ0n) is 10.6. The van der Waals surface area contributed by atoms with Crippen LogP contribution in [0.5, 0.6) is 0 Å². The van der Waals surface area contributed by atoms with Gasteiger partial charge in [-0.15, -0.1) is 0 Å². The second-order valence-corrected chi connectivity index (χ2v) is 4.21. The van der Waals surface area contributed by atoms with Crippen molar-refractivity contribution >= 4 is 0 Å². The highest BCUT2D eigenvalue weighted by atomic mass is 16.5. The summed E-state index contributed by atoms with van der Waals surface area (Å²) in [5.41, 5.74) is 1.09. The van der Waals surface area contributed by atoms with Gasteiger partial charge in [0.2, 0.25) is 0 Å². The minimum atomic E-state index is 0.665. The zero-order chi connectivity index (χ0) is 11.5. The first kappa shape index (κ1) is 14.7. The van der Waals surface area contributed by atoms with E-state index < -0.39 is 0 Å². The Morgan fingerprint density at radius 1 is 1.40 bits per heavy atom. The maximum atomic E-state index is 5.43. The second-order valence-electron chi connectivity index (χ2n) is 4.21. The standard InChI is InChI=1S/C13H27NO/c1-5-7-8-13(6-2)14-9-10-15-11-12(3)4/h13-14H,3,5-11H2,1-2,4H3. The van der Waals surface area contributed by atoms with Crippen molar-refractivity contribution in [2.75, 3.05) is 19.8 Å². The highest BCUT2D eigenvalue weighted by Gasteiger charge is 2.03. The molecule has 0 saturated heterocycles. The average Bonchev–Trinajstić information content (AvgIpc) is 2.21. The van der Waals surface area contributed by atoms with Gasteiger partial charge in [-0.2, -0.15) is 0 Å². The zero-order valence-corrected chi connectivity index (χ0v) is 10.6. The van der Waals surface area contributed by atoms with Crippen molar-refractivity contribution in [3.05, 3.63) is 12.2 Å². The number of rotatable bonds is 10. The lowest BCUT2D eigenvalue weighted by Crippen LogP contribution is -2.31. The molecule has 0 amide bonds. The normalized spacial score (nSPS) is 12.7. The molecule has 1 atom stereocenters. The molecule has 90 valence electrons. The molecule has 0 aromatic rings. The maximum Gasteiger partial charge on any atom is 0.0672 e. The van der Waals surface area contributed by atoms with E-state index in [0.717, 1.165) is 18.7 Å². The molecule has 0 rings (SSSR count). The van der Waals surface area contributed by atoms with Crippen LogP contribution in [0.3, 0.4) is 0 Å². The first-order valence-electron chi connectivity index (χ1n) is 6.16. The molecule has 0 bridgehead atoms. The van der Waals surface area contributed by atoms with Crippen LogP contribution < -0.4 is 5.32 Å². The summed E-state index contributed by atoms with van der Waals surface area (Å²) >= 11 is 0. The van der Waals surface area contributed by atoms with Gasteiger partial charge in [0.25, 0.3) is 0 Å². The van der Waals surface area contributed by atoms with Gasteiger partial charge in [0, 0.05) is 12.6 Å². The summed E-state index contributed by atoms with van der Waals surface area (Å²) < 4.78 is 5.43. The van der Waals surface area contributed by atoms with Gasteiger partial charge in [0.05, 0.1) is 13.2 Å². The van der Waals surface area contributed by atoms with Gasteiger partial charge in [-0.25, -0.2) is 0 Å². The summed E-state index contributed by atoms with van der Waals surface area (Å²) in [5, 5.41) is 3.52. The minimum absolute atomic E-state index is 0.665. The Hall–Kier alpha value is -0.340. The Kier molecular flexibility index (Phi) is 9.96. The summed E-state index contributed by atoms with van der Waals surface area (Å²) in [6.07, 6.45) is 5.09. The molecule has 0 heterocycles. The van der Waals surface area contributed by atoms with E-state index in [4.69, 9.17) is 4.74 Å². The van der Waals surface area contributed by atoms with Crippen LogP contribution in [0.25, 0.3) is 0 Å². The molecule has 2 heteroatoms. The van der Waals surface area contributed by atoms with E-state index in [1.54, 1.807) is 0 Å². The van der Waals surface area contributed by atoms with E-state index in [-0.39, 0.29) is 0 Å². The summed E-state index contributed by atoms with van der Waals surface area (Å²) in [6.45, 7) is 12.7. The molecule has 0 aliphatic rings. The predicted octanol–water partition coefficient (Wildman–Crippen LogP) is 3.14. The third-order valence-corrected chi connectivity index (χ3v) is 2.43. The van der Waals surface area contributed by atoms with Crippen molar-refractivity contribution < 1.29 is 4.74 Å². The molecule has 1 unspecified atom stereocenters. The van der Waals surface area contributed by atoms with Crippen LogP contribution in [0.15, 0.2) is 12.2 Å². The third kappa shape index (κ3) is 9.95. The van der Waals surface area contributed by atoms with Crippen molar-refractivity contribution in [3.63, 3.8) is 0 Å². The number of nitrogens with one attached hydrogen (secondary N) is 1. The van der Waals surface area contributed by atoms with Crippen molar-refractivity contribution in [1.82, 2.24) is 5.32 Å². The summed E-state index contributed by atoms with van der Waals surface area (Å²) in [6, 6.07) is 0.665. The van der Waals surface area contributed by atoms with Crippen LogP contribution >= 0.6 is 0 Å². The molecule has 1 N–H and O–H groups in total. The van der Waals surface area contributed by atoms with E-state index in [0.29, 0.717) is 12.6 Å². The molecule has 15 heavy (non-hydrogen) atoms. The lowest BCUT2D eigenvalue weighted by atomic mass is 10.1. The van der Waals surface area contributed by atoms with Crippen LogP contribution in [0.2, 0.25) is 0 Å². The average molecular weight is 213 g/mol. The fourth-order valence-corrected chi connectivity index (χ4v) is 1.48. The SMILES string of the molecule is C=C(C)COCCNC(CC)CCCC. The van der Waals surface area contributed by atoms with E-state index in [9.17, 15) is 0 Å². The first-order valence-corrected chi connectivity index (χ1v) is 6.16. The molecule has 0 aromatic carbocycles. The molecule has 0 saturated carbocycles. The van der Waals surface area contributed by atoms with E-state index in [2.05, 4.69) is 25.7 Å². The fourth-order valence-electron chi connectivity index (χ4n) is 1.48. The molecule has 0 spiro atoms. The Bertz CT molecular complexity index is 157. The van der Waals surface area contributed by atoms with Gasteiger partial charge in [-0.1, -0.05) is 38.8 Å². The molecule has 2 nitrogen and oxygen atoms in total. The number of hydrogen-bond donors (Lipinski definition) is 1. The lowest BCUT2D eigenvalue weighted by Gasteiger charge is -2.16. The highest BCUT2D eigenvalue weighted by Crippen LogP contribution is 2.03. The molecule has 0 radical (unpaired) electrons. The molecular weight excluding hydrogens is 186 g/mol. The maximum absolute atomic E-state index is 5.43. The monoisotopic (exact) mass is 213 g/mol. The Morgan fingerprint density at radius 2 is 2.13 bits per heavy atom. The van der Waals surface area contributed by atoms with Gasteiger partial charge in [0.15, 0.2) is 0 Å². The number of unbranched alkanes of at least 4 members (excludes halogenated alkanes) is 1. The van der Waals surface area contributed by atoms with Crippen LogP contribution in [0.4, 0.5) is 0 Å². The van der Waals surface area contributed by atoms with Gasteiger partial charge < -0.3 is 10.1 Å². The summed E-state index contributed by atoms with van der Waals surface area (Å²) in [4.78, 5) is 0. The number of ether oxygens (including phenoxy) is 1. The minimum Gasteiger partial charge on any atom is -0.376 e. The fraction of sp³-hybridized carbons (Fsp3) is 0.846. The van der Waals surface area contributed by atoms with Crippen LogP contribution in [0.1, 0.15) is 46.5 Å². The van der Waals surface area contributed by atoms with Gasteiger partial charge in [0.1, 0.15) is 0 Å². The smallest absolute Gasteiger partial charge is 0.0672 e. The highest BCUT2D eigenvalue weighted by molar-refractivity contribution is 4.87. The van der Waals surface area contributed by atoms with Crippen LogP contribution in [-0.4, -0.2) is 25.8 Å². The van der Waals surface area contributed by atoms with Crippen molar-refractivity contribution in [1.29, 1.82) is 0 Å². The van der Waals surface area contributed by atoms with Gasteiger partial charge in [-0.05, 0) is 19.8 Å². The molecule has 0 fully saturated rings. The predicted molar refractivity (Wildman–Crippen MR) is 67.2 cm³/mol. The number of hydrogen-bond acceptors (Lipinski definition) is 2. The van der Waals surface area contributed by atoms with Crippen molar-refractivity contribution in [3.8, 4) is 0 Å². The Balaban J connectivity index is 3.33. The molecular formula is C13H27NO. The van der Waals surface area contributed by atoms with Crippen molar-refractivity contribution in [2.24, 2.45) is 0 Å². The van der Waals surface area contributed by atoms with Crippen LogP contribution in [-0.2, 0) is 4.74 Å². The van der Waals surface area contributed by atoms with Crippen LogP contribution in [0, 0.1) is 0 Å². The van der Waals surface area contributed by atoms with E-state index in [1.807, 2.05) is 6.92 Å². The molecule has 0 aliphatic carbocycles. The second kappa shape index (κ2) is 10.2. The van der Waals surface area contributed by atoms with Gasteiger partial charge in [-0.3, -0.25) is 0 Å². The molecule has 0 aliphatic heterocycles. The first-order chi connectivity index (χ1) is 7.20. The summed E-state index contributed by atoms with van der Waals surface area (Å²) in [7, 11) is 0.